The van der Waals surface area contributed by atoms with Crippen LogP contribution in [0, 0.1) is 5.92 Å². The Morgan fingerprint density at radius 3 is 1.16 bits per heavy atom. The molecule has 1 saturated carbocycles. The lowest BCUT2D eigenvalue weighted by Crippen LogP contribution is -2.59. The van der Waals surface area contributed by atoms with Crippen LogP contribution in [0.4, 0.5) is 0 Å². The van der Waals surface area contributed by atoms with Gasteiger partial charge in [0.1, 0.15) is 45.2 Å². The summed E-state index contributed by atoms with van der Waals surface area (Å²) in [6.45, 7) is 11.6. The van der Waals surface area contributed by atoms with Gasteiger partial charge in [-0.1, -0.05) is 254 Å². The Morgan fingerprint density at radius 2 is 0.729 bits per heavy atom. The first-order chi connectivity index (χ1) is 62.6. The molecular weight excluding hydrogens is 1660 g/mol. The topological polar surface area (TPSA) is 371 Å². The van der Waals surface area contributed by atoms with E-state index in [2.05, 4.69) is 27.5 Å². The van der Waals surface area contributed by atoms with E-state index >= 15 is 0 Å². The lowest BCUT2D eigenvalue weighted by Gasteiger charge is -2.40. The van der Waals surface area contributed by atoms with Crippen LogP contribution in [0.25, 0.3) is 10.4 Å². The van der Waals surface area contributed by atoms with Crippen LogP contribution in [0.1, 0.15) is 131 Å². The van der Waals surface area contributed by atoms with E-state index in [9.17, 15) is 43.2 Å². The number of rotatable bonds is 33. The Balaban J connectivity index is 0.000000183. The van der Waals surface area contributed by atoms with Gasteiger partial charge in [-0.05, 0) is 69.3 Å². The molecular formula is C99H116N4O26. The summed E-state index contributed by atoms with van der Waals surface area (Å²) < 4.78 is 94.5. The summed E-state index contributed by atoms with van der Waals surface area (Å²) in [6.07, 6.45) is -1.64. The summed E-state index contributed by atoms with van der Waals surface area (Å²) in [6, 6.07) is 76.6. The van der Waals surface area contributed by atoms with Crippen molar-refractivity contribution in [1.82, 2.24) is 5.32 Å². The van der Waals surface area contributed by atoms with Crippen molar-refractivity contribution in [2.45, 2.75) is 225 Å². The van der Waals surface area contributed by atoms with E-state index in [1.54, 1.807) is 0 Å². The Labute approximate surface area is 752 Å². The number of ether oxygens (including phenoxy) is 17. The fraction of sp³-hybridized carbons (Fsp3) is 0.424. The molecule has 30 nitrogen and oxygen atoms in total. The van der Waals surface area contributed by atoms with E-state index in [-0.39, 0.29) is 132 Å². The summed E-state index contributed by atoms with van der Waals surface area (Å²) in [5.41, 5.74) is 16.5. The highest BCUT2D eigenvalue weighted by atomic mass is 16.7. The minimum absolute atomic E-state index is 0.0369. The summed E-state index contributed by atoms with van der Waals surface area (Å²) in [4.78, 5) is 108. The molecule has 5 fully saturated rings. The van der Waals surface area contributed by atoms with Gasteiger partial charge in [-0.25, -0.2) is 9.59 Å². The number of nitrogens with zero attached hydrogens (tertiary/aromatic N) is 3. The lowest BCUT2D eigenvalue weighted by molar-refractivity contribution is -0.233. The van der Waals surface area contributed by atoms with Crippen molar-refractivity contribution in [3.63, 3.8) is 0 Å². The van der Waals surface area contributed by atoms with Gasteiger partial charge in [0.05, 0.1) is 108 Å². The summed E-state index contributed by atoms with van der Waals surface area (Å²) in [7, 11) is 0. The molecule has 30 heteroatoms. The van der Waals surface area contributed by atoms with Crippen LogP contribution in [0.5, 0.6) is 0 Å². The monoisotopic (exact) mass is 1780 g/mol. The molecule has 13 rings (SSSR count). The van der Waals surface area contributed by atoms with Gasteiger partial charge in [-0.15, -0.1) is 0 Å². The molecule has 0 spiro atoms. The number of amides is 1. The zero-order valence-electron chi connectivity index (χ0n) is 73.6. The Bertz CT molecular complexity index is 4700. The molecule has 8 aromatic rings. The van der Waals surface area contributed by atoms with Gasteiger partial charge in [-0.3, -0.25) is 33.6 Å². The predicted molar refractivity (Wildman–Crippen MR) is 469 cm³/mol. The number of benzene rings is 8. The van der Waals surface area contributed by atoms with Crippen molar-refractivity contribution in [2.75, 3.05) is 39.6 Å². The van der Waals surface area contributed by atoms with E-state index in [0.29, 0.717) is 52.5 Å². The molecule has 0 aromatic heterocycles. The molecule has 4 heterocycles. The van der Waals surface area contributed by atoms with Crippen LogP contribution in [0.2, 0.25) is 0 Å². The molecule has 15 atom stereocenters. The summed E-state index contributed by atoms with van der Waals surface area (Å²) in [5, 5.41) is 6.59. The van der Waals surface area contributed by atoms with Crippen molar-refractivity contribution in [2.24, 2.45) is 11.0 Å². The number of esters is 8. The van der Waals surface area contributed by atoms with Crippen LogP contribution in [-0.4, -0.2) is 179 Å². The van der Waals surface area contributed by atoms with Crippen LogP contribution in [-0.2, 0) is 177 Å². The van der Waals surface area contributed by atoms with Crippen LogP contribution in [0.15, 0.2) is 248 Å². The largest absolute Gasteiger partial charge is 0.463 e. The number of azide groups is 1. The molecule has 5 aliphatic rings. The molecule has 4 aliphatic heterocycles. The van der Waals surface area contributed by atoms with E-state index < -0.39 is 72.6 Å². The van der Waals surface area contributed by atoms with Gasteiger partial charge >= 0.3 is 47.8 Å². The predicted octanol–water partition coefficient (Wildman–Crippen LogP) is 14.1. The normalized spacial score (nSPS) is 22.5. The molecule has 1 aliphatic carbocycles. The van der Waals surface area contributed by atoms with Crippen molar-refractivity contribution in [3.8, 4) is 0 Å². The molecule has 1 amide bonds. The van der Waals surface area contributed by atoms with E-state index in [1.165, 1.54) is 47.1 Å². The van der Waals surface area contributed by atoms with Gasteiger partial charge in [0.15, 0.2) is 30.5 Å². The number of hydrogen-bond acceptors (Lipinski definition) is 27. The van der Waals surface area contributed by atoms with Crippen molar-refractivity contribution in [1.29, 1.82) is 0 Å². The van der Waals surface area contributed by atoms with E-state index in [1.807, 2.05) is 231 Å². The van der Waals surface area contributed by atoms with E-state index in [4.69, 9.17) is 86.1 Å². The zero-order valence-corrected chi connectivity index (χ0v) is 73.6. The first-order valence-electron chi connectivity index (χ1n) is 43.0. The van der Waals surface area contributed by atoms with Gasteiger partial charge in [0, 0.05) is 65.7 Å². The van der Waals surface area contributed by atoms with Crippen molar-refractivity contribution in [3.05, 3.63) is 298 Å². The highest BCUT2D eigenvalue weighted by Crippen LogP contribution is 2.31. The first kappa shape index (κ1) is 101. The van der Waals surface area contributed by atoms with Gasteiger partial charge in [-0.2, -0.15) is 0 Å². The van der Waals surface area contributed by atoms with Gasteiger partial charge in [0.2, 0.25) is 5.91 Å². The molecule has 1 N–H and O–H groups in total. The maximum absolute atomic E-state index is 12.8. The minimum Gasteiger partial charge on any atom is -0.463 e. The Morgan fingerprint density at radius 1 is 0.349 bits per heavy atom. The maximum Gasteiger partial charge on any atom is 0.339 e. The number of carbonyl (C=O) groups excluding carboxylic acids is 9. The molecule has 0 radical (unpaired) electrons. The number of hydrogen-bond donors (Lipinski definition) is 1. The quantitative estimate of drug-likeness (QED) is 0.0131. The highest BCUT2D eigenvalue weighted by Gasteiger charge is 2.50. The average molecular weight is 1780 g/mol. The third kappa shape index (κ3) is 38.0. The Hall–Kier alpha value is -12.1. The number of carbonyl (C=O) groups is 9. The fourth-order valence-electron chi connectivity index (χ4n) is 14.4. The summed E-state index contributed by atoms with van der Waals surface area (Å²) >= 11 is 0. The van der Waals surface area contributed by atoms with Gasteiger partial charge < -0.3 is 85.8 Å². The second-order valence-corrected chi connectivity index (χ2v) is 31.1. The minimum atomic E-state index is -1.23. The molecule has 688 valence electrons. The molecule has 129 heavy (non-hydrogen) atoms. The second kappa shape index (κ2) is 56.3. The van der Waals surface area contributed by atoms with Crippen LogP contribution >= 0.6 is 0 Å². The van der Waals surface area contributed by atoms with Gasteiger partial charge in [0.25, 0.3) is 0 Å². The zero-order chi connectivity index (χ0) is 91.8. The first-order valence-corrected chi connectivity index (χ1v) is 43.0. The Kier molecular flexibility index (Phi) is 44.0. The van der Waals surface area contributed by atoms with Crippen molar-refractivity contribution >= 4 is 53.7 Å². The SMILES string of the molecule is CC(=O)NC1COC(COC(C)=O)C[C@H]1OCc1ccccc1.CC(=O)OC1COC(C(=O)OCc2ccccc2)C[C@H]1OCc1ccccc1.CC(=O)OC1COC(C(=O)OCc2ccccc2)[C@@H](OC(C)=O)[C@H]1OCc1ccccc1.CC(=O)OCC1C[C@@H](OCc2ccccc2)C(N=[N+]=[N-])CO1.O=C(OCc1ccccc1)C1CCC[C@H](OCc2ccccc2)C1. The third-order valence-electron chi connectivity index (χ3n) is 20.8. The highest BCUT2D eigenvalue weighted by molar-refractivity contribution is 5.77. The standard InChI is InChI=1S/C24H26O8.C22H24O6.C21H24O3.C17H23NO5.C15H19N3O4/c1-16(25)31-20-15-29-23(24(27)30-14-19-11-7-4-8-12-19)22(32-17(2)26)21(20)28-13-18-9-5-3-6-10-18;1-16(23)28-21-15-26-20(22(24)27-14-18-10-6-3-7-11-18)12-19(21)25-13-17-8-4-2-5-9-17;22-21(24-16-18-10-5-2-6-11-18)19-12-7-13-20(14-19)23-15-17-8-3-1-4-9-17;1-12(19)18-16-11-22-15(10-21-13(2)20)8-17(16)23-9-14-6-4-3-5-7-14;1-11(19)20-9-13-7-15(14(10-21-13)17-18-16)22-8-12-5-3-2-4-6-12/h3-12,20-23H,13-15H2,1-2H3;2-11,19-21H,12-15H2,1H3;1-6,8-11,19-20H,7,12-16H2;3-7,15-17H,8-11H2,1-2H3,(H,18,19);2-6,13-15H,7-10H2,1H3/t20?,21-,22-,23?;19-,20?,21?;19?,20-;15?,16?,17-;13?,14?,15-/m01011/s1. The smallest absolute Gasteiger partial charge is 0.339 e. The third-order valence-corrected chi connectivity index (χ3v) is 20.8. The molecule has 9 unspecified atom stereocenters. The average Bonchev–Trinajstić information content (AvgIpc) is 0.785. The summed E-state index contributed by atoms with van der Waals surface area (Å²) in [5.74, 6) is -3.66. The molecule has 4 saturated heterocycles. The van der Waals surface area contributed by atoms with Crippen LogP contribution in [0.3, 0.4) is 0 Å². The second-order valence-electron chi connectivity index (χ2n) is 31.1. The number of nitrogens with one attached hydrogen (secondary N) is 1. The molecule has 0 bridgehead atoms. The fourth-order valence-corrected chi connectivity index (χ4v) is 14.4. The molecule has 8 aromatic carbocycles. The van der Waals surface area contributed by atoms with E-state index in [0.717, 1.165) is 64.6 Å². The maximum atomic E-state index is 12.8. The lowest BCUT2D eigenvalue weighted by atomic mass is 9.87. The van der Waals surface area contributed by atoms with Crippen LogP contribution < -0.4 is 5.32 Å². The van der Waals surface area contributed by atoms with Crippen molar-refractivity contribution < 1.29 is 124 Å².